The van der Waals surface area contributed by atoms with Crippen LogP contribution in [-0.2, 0) is 43.4 Å². The number of anilines is 2. The Morgan fingerprint density at radius 3 is 1.50 bits per heavy atom. The second-order valence-electron chi connectivity index (χ2n) is 7.83. The fourth-order valence-corrected chi connectivity index (χ4v) is 8.95. The van der Waals surface area contributed by atoms with Crippen LogP contribution in [-0.4, -0.2) is 31.6 Å². The van der Waals surface area contributed by atoms with Gasteiger partial charge < -0.3 is 0 Å². The minimum atomic E-state index is -4.97. The van der Waals surface area contributed by atoms with E-state index in [0.717, 1.165) is 0 Å². The van der Waals surface area contributed by atoms with Gasteiger partial charge in [-0.3, -0.25) is 0 Å². The number of fused-ring (bicyclic) bond motifs is 5. The summed E-state index contributed by atoms with van der Waals surface area (Å²) in [6, 6.07) is 10.5. The van der Waals surface area contributed by atoms with Crippen molar-refractivity contribution in [1.82, 2.24) is 0 Å². The Labute approximate surface area is 213 Å². The Morgan fingerprint density at radius 2 is 1.15 bits per heavy atom. The average Bonchev–Trinajstić information content (AvgIpc) is 3.32. The van der Waals surface area contributed by atoms with Crippen molar-refractivity contribution in [2.24, 2.45) is 0 Å². The third-order valence-corrected chi connectivity index (χ3v) is 10.1. The molecule has 3 aliphatic rings. The van der Waals surface area contributed by atoms with E-state index in [4.69, 9.17) is 22.6 Å². The predicted molar refractivity (Wildman–Crippen MR) is 133 cm³/mol. The summed E-state index contributed by atoms with van der Waals surface area (Å²) in [7, 11) is -4.97. The molecule has 5 rings (SSSR count). The van der Waals surface area contributed by atoms with E-state index in [1.54, 1.807) is 57.2 Å². The van der Waals surface area contributed by atoms with E-state index in [1.807, 2.05) is 0 Å². The zero-order valence-electron chi connectivity index (χ0n) is 18.6. The molecule has 3 heterocycles. The minimum absolute atomic E-state index is 0.0872. The van der Waals surface area contributed by atoms with Crippen molar-refractivity contribution < 1.29 is 32.2 Å². The summed E-state index contributed by atoms with van der Waals surface area (Å²) in [5, 5.41) is 5.71. The Balaban J connectivity index is 1.91. The number of benzene rings is 2. The zero-order chi connectivity index (χ0) is 24.4. The fraction of sp³-hybridized carbons (Fsp3) is 0.364. The molecule has 9 nitrogen and oxygen atoms in total. The third kappa shape index (κ3) is 2.99. The van der Waals surface area contributed by atoms with Gasteiger partial charge in [0.05, 0.1) is 0 Å². The van der Waals surface area contributed by atoms with E-state index in [2.05, 4.69) is 42.5 Å². The first-order valence-corrected chi connectivity index (χ1v) is 14.2. The Bertz CT molecular complexity index is 1120. The first-order chi connectivity index (χ1) is 16.2. The van der Waals surface area contributed by atoms with Crippen LogP contribution in [0.5, 0.6) is 0 Å². The van der Waals surface area contributed by atoms with Crippen LogP contribution in [0.3, 0.4) is 0 Å². The Kier molecular flexibility index (Phi) is 5.74. The second kappa shape index (κ2) is 8.04. The van der Waals surface area contributed by atoms with Gasteiger partial charge in [-0.2, -0.15) is 0 Å². The van der Waals surface area contributed by atoms with Crippen molar-refractivity contribution in [1.29, 1.82) is 0 Å². The summed E-state index contributed by atoms with van der Waals surface area (Å²) in [6.07, 6.45) is 0. The molecular formula is C22H23Br2N2O7P. The molecule has 182 valence electrons. The molecule has 12 heteroatoms. The first-order valence-electron chi connectivity index (χ1n) is 10.8. The topological polar surface area (TPSA) is 104 Å². The molecule has 2 N–H and O–H groups in total. The molecule has 2 spiro atoms. The van der Waals surface area contributed by atoms with Crippen LogP contribution in [0.1, 0.15) is 31.9 Å². The van der Waals surface area contributed by atoms with Gasteiger partial charge in [0, 0.05) is 0 Å². The van der Waals surface area contributed by atoms with Crippen molar-refractivity contribution in [3.63, 3.8) is 0 Å². The summed E-state index contributed by atoms with van der Waals surface area (Å²) in [4.78, 5) is 27.9. The zero-order valence-corrected chi connectivity index (χ0v) is 22.7. The molecule has 1 fully saturated rings. The van der Waals surface area contributed by atoms with Crippen molar-refractivity contribution >= 4 is 62.8 Å². The summed E-state index contributed by atoms with van der Waals surface area (Å²) in [5.41, 5.74) is -2.23. The molecule has 0 bridgehead atoms. The number of nitrogens with one attached hydrogen (secondary N) is 2. The van der Waals surface area contributed by atoms with Crippen molar-refractivity contribution in [3.8, 4) is 0 Å². The molecule has 1 saturated heterocycles. The number of amides is 2. The number of hydrogen-bond donors (Lipinski definition) is 2. The quantitative estimate of drug-likeness (QED) is 0.413. The molecule has 2 atom stereocenters. The van der Waals surface area contributed by atoms with Gasteiger partial charge in [-0.25, -0.2) is 0 Å². The second-order valence-corrected chi connectivity index (χ2v) is 12.3. The van der Waals surface area contributed by atoms with E-state index >= 15 is 0 Å². The molecule has 0 aliphatic carbocycles. The van der Waals surface area contributed by atoms with Gasteiger partial charge in [0.25, 0.3) is 0 Å². The molecule has 0 radical (unpaired) electrons. The van der Waals surface area contributed by atoms with E-state index < -0.39 is 30.8 Å². The number of carbonyl (C=O) groups excluding carboxylic acids is 2. The van der Waals surface area contributed by atoms with Crippen LogP contribution in [0.25, 0.3) is 0 Å². The van der Waals surface area contributed by atoms with Gasteiger partial charge in [0.15, 0.2) is 0 Å². The van der Waals surface area contributed by atoms with Crippen LogP contribution >= 0.6 is 39.6 Å². The van der Waals surface area contributed by atoms with Crippen molar-refractivity contribution in [3.05, 3.63) is 56.5 Å². The van der Waals surface area contributed by atoms with E-state index in [-0.39, 0.29) is 19.8 Å². The summed E-state index contributed by atoms with van der Waals surface area (Å²) >= 11 is 6.96. The SMILES string of the molecule is CCOP1(OCC)(OCC)OC2(C(=O)Nc3ccc(Br)cc32)C2(O1)C(=O)Nc1ccc(Br)cc12. The van der Waals surface area contributed by atoms with E-state index in [9.17, 15) is 9.59 Å². The van der Waals surface area contributed by atoms with Gasteiger partial charge in [-0.05, 0) is 0 Å². The third-order valence-electron chi connectivity index (χ3n) is 5.95. The molecule has 34 heavy (non-hydrogen) atoms. The molecule has 2 amide bonds. The molecule has 2 aromatic rings. The normalized spacial score (nSPS) is 28.9. The van der Waals surface area contributed by atoms with Crippen LogP contribution in [0, 0.1) is 0 Å². The predicted octanol–water partition coefficient (Wildman–Crippen LogP) is 5.49. The van der Waals surface area contributed by atoms with Crippen LogP contribution in [0.15, 0.2) is 45.3 Å². The molecule has 3 aliphatic heterocycles. The number of rotatable bonds is 6. The first kappa shape index (κ1) is 24.3. The molecule has 2 unspecified atom stereocenters. The molecule has 0 aromatic heterocycles. The maximum atomic E-state index is 13.9. The van der Waals surface area contributed by atoms with E-state index in [1.165, 1.54) is 0 Å². The van der Waals surface area contributed by atoms with Crippen LogP contribution < -0.4 is 10.6 Å². The Morgan fingerprint density at radius 1 is 0.765 bits per heavy atom. The molecular weight excluding hydrogens is 595 g/mol. The van der Waals surface area contributed by atoms with Gasteiger partial charge in [0.2, 0.25) is 0 Å². The number of hydrogen-bond acceptors (Lipinski definition) is 7. The fourth-order valence-electron chi connectivity index (χ4n) is 4.88. The molecule has 0 saturated carbocycles. The van der Waals surface area contributed by atoms with Gasteiger partial charge in [-0.15, -0.1) is 0 Å². The average molecular weight is 618 g/mol. The van der Waals surface area contributed by atoms with Gasteiger partial charge >= 0.3 is 214 Å². The maximum absolute atomic E-state index is 13.9. The number of halogens is 2. The van der Waals surface area contributed by atoms with Crippen molar-refractivity contribution in [2.45, 2.75) is 32.0 Å². The van der Waals surface area contributed by atoms with Crippen LogP contribution in [0.2, 0.25) is 0 Å². The standard InChI is InChI=1S/C22H23Br2N2O7P/c1-4-29-34(30-5-2,31-6-3)32-21(15-11-13(23)7-9-17(15)25-19(21)27)22(33-34)16-12-14(24)8-10-18(16)26-20(22)28/h7-12H,4-6H2,1-3H3,(H,25,27)(H,26,28). The van der Waals surface area contributed by atoms with Gasteiger partial charge in [-0.1, -0.05) is 0 Å². The summed E-state index contributed by atoms with van der Waals surface area (Å²) in [5.74, 6) is -1.18. The monoisotopic (exact) mass is 616 g/mol. The van der Waals surface area contributed by atoms with Crippen molar-refractivity contribution in [2.75, 3.05) is 30.5 Å². The number of carbonyl (C=O) groups is 2. The Hall–Kier alpha value is -1.43. The van der Waals surface area contributed by atoms with E-state index in [0.29, 0.717) is 31.4 Å². The van der Waals surface area contributed by atoms with Crippen LogP contribution in [0.4, 0.5) is 11.4 Å². The van der Waals surface area contributed by atoms with Gasteiger partial charge in [0.1, 0.15) is 0 Å². The molecule has 2 aromatic carbocycles. The summed E-state index contributed by atoms with van der Waals surface area (Å²) < 4.78 is 32.9. The summed E-state index contributed by atoms with van der Waals surface area (Å²) in [6.45, 7) is 5.46.